The highest BCUT2D eigenvalue weighted by molar-refractivity contribution is 6.10. The number of methoxy groups -OCH3 is 1. The Morgan fingerprint density at radius 1 is 1.13 bits per heavy atom. The molecule has 0 radical (unpaired) electrons. The highest BCUT2D eigenvalue weighted by Crippen LogP contribution is 2.50. The van der Waals surface area contributed by atoms with Gasteiger partial charge >= 0.3 is 6.18 Å². The van der Waals surface area contributed by atoms with Crippen molar-refractivity contribution in [1.29, 1.82) is 0 Å². The fraction of sp³-hybridized carbons (Fsp3) is 0.576. The molecule has 45 heavy (non-hydrogen) atoms. The SMILES string of the molecule is CO[C@@H]1C[C@@](c2cccc(N3Cc4c(cc(CNC5(C)CCC5)cc4C(F)(F)F)C3=O)n2)(c2nncn2C)[C@H]1NC1CCCC1. The molecule has 3 aromatic rings. The van der Waals surface area contributed by atoms with E-state index in [-0.39, 0.29) is 41.9 Å². The van der Waals surface area contributed by atoms with E-state index in [1.807, 2.05) is 23.7 Å². The standard InChI is InChI=1S/C33H40F3N7O2/c1-31(12-7-13-31)37-17-20-14-22-23(24(15-20)33(34,35)36)18-43(29(22)44)27-11-6-10-26(40-27)32(30-41-38-19-42(30)2)16-25(45-3)28(32)39-21-8-4-5-9-21/h6,10-11,14-15,19,21,25,28,37,39H,4-5,7-9,12-13,16-18H2,1-3H3/t25-,28+,32+/m1/s1. The van der Waals surface area contributed by atoms with Crippen LogP contribution in [0.5, 0.6) is 0 Å². The van der Waals surface area contributed by atoms with Crippen molar-refractivity contribution in [2.45, 2.75) is 107 Å². The average molecular weight is 624 g/mol. The summed E-state index contributed by atoms with van der Waals surface area (Å²) in [4.78, 5) is 20.2. The number of carbonyl (C=O) groups excluding carboxylic acids is 1. The van der Waals surface area contributed by atoms with Crippen LogP contribution in [-0.4, -0.2) is 56.5 Å². The third-order valence-electron chi connectivity index (χ3n) is 10.7. The highest BCUT2D eigenvalue weighted by atomic mass is 19.4. The number of amides is 1. The number of fused-ring (bicyclic) bond motifs is 1. The summed E-state index contributed by atoms with van der Waals surface area (Å²) < 4.78 is 50.9. The van der Waals surface area contributed by atoms with Crippen LogP contribution in [0.25, 0.3) is 0 Å². The minimum atomic E-state index is -4.60. The van der Waals surface area contributed by atoms with E-state index in [2.05, 4.69) is 27.8 Å². The van der Waals surface area contributed by atoms with Gasteiger partial charge in [0.2, 0.25) is 0 Å². The number of rotatable bonds is 9. The molecular formula is C33H40F3N7O2. The summed E-state index contributed by atoms with van der Waals surface area (Å²) in [6, 6.07) is 8.42. The molecule has 2 aromatic heterocycles. The van der Waals surface area contributed by atoms with Crippen molar-refractivity contribution in [2.75, 3.05) is 12.0 Å². The first kappa shape index (κ1) is 30.3. The fourth-order valence-electron chi connectivity index (χ4n) is 7.86. The zero-order valence-corrected chi connectivity index (χ0v) is 26.0. The maximum atomic E-state index is 14.4. The number of alkyl halides is 3. The van der Waals surface area contributed by atoms with Crippen LogP contribution in [0.2, 0.25) is 0 Å². The normalized spacial score (nSPS) is 26.2. The van der Waals surface area contributed by atoms with Gasteiger partial charge in [0.25, 0.3) is 5.91 Å². The molecule has 12 heteroatoms. The molecule has 0 saturated heterocycles. The minimum absolute atomic E-state index is 0.00908. The van der Waals surface area contributed by atoms with Gasteiger partial charge in [-0.25, -0.2) is 4.98 Å². The molecule has 1 aromatic carbocycles. The number of aryl methyl sites for hydroxylation is 1. The molecule has 9 nitrogen and oxygen atoms in total. The quantitative estimate of drug-likeness (QED) is 0.345. The van der Waals surface area contributed by atoms with Gasteiger partial charge in [-0.1, -0.05) is 18.9 Å². The van der Waals surface area contributed by atoms with Gasteiger partial charge in [-0.3, -0.25) is 9.69 Å². The summed E-state index contributed by atoms with van der Waals surface area (Å²) in [5, 5.41) is 15.9. The molecule has 3 aliphatic carbocycles. The van der Waals surface area contributed by atoms with Gasteiger partial charge in [0, 0.05) is 37.8 Å². The lowest BCUT2D eigenvalue weighted by atomic mass is 9.59. The molecule has 4 aliphatic rings. The molecule has 240 valence electrons. The number of pyridine rings is 1. The van der Waals surface area contributed by atoms with Gasteiger partial charge in [-0.2, -0.15) is 13.2 Å². The van der Waals surface area contributed by atoms with Gasteiger partial charge in [-0.05, 0) is 80.8 Å². The maximum Gasteiger partial charge on any atom is 0.416 e. The summed E-state index contributed by atoms with van der Waals surface area (Å²) in [7, 11) is 3.60. The summed E-state index contributed by atoms with van der Waals surface area (Å²) in [6.07, 6.45) is 5.13. The number of nitrogens with zero attached hydrogens (tertiary/aromatic N) is 5. The molecule has 3 heterocycles. The molecule has 0 bridgehead atoms. The van der Waals surface area contributed by atoms with Gasteiger partial charge in [0.1, 0.15) is 18.0 Å². The van der Waals surface area contributed by atoms with Crippen LogP contribution in [0.4, 0.5) is 19.0 Å². The van der Waals surface area contributed by atoms with E-state index in [0.717, 1.165) is 37.9 Å². The molecule has 1 amide bonds. The third kappa shape index (κ3) is 5.14. The van der Waals surface area contributed by atoms with E-state index < -0.39 is 23.1 Å². The van der Waals surface area contributed by atoms with Gasteiger partial charge < -0.3 is 19.9 Å². The molecular weight excluding hydrogens is 583 g/mol. The minimum Gasteiger partial charge on any atom is -0.380 e. The number of nitrogens with one attached hydrogen (secondary N) is 2. The van der Waals surface area contributed by atoms with E-state index in [9.17, 15) is 18.0 Å². The topological polar surface area (TPSA) is 97.2 Å². The summed E-state index contributed by atoms with van der Waals surface area (Å²) in [5.41, 5.74) is -0.338. The molecule has 3 atom stereocenters. The second-order valence-electron chi connectivity index (χ2n) is 13.5. The average Bonchev–Trinajstić information content (AvgIpc) is 3.74. The van der Waals surface area contributed by atoms with Crippen molar-refractivity contribution in [2.24, 2.45) is 7.05 Å². The Hall–Kier alpha value is -3.35. The number of hydrogen-bond acceptors (Lipinski definition) is 7. The van der Waals surface area contributed by atoms with Crippen LogP contribution in [0.3, 0.4) is 0 Å². The zero-order valence-electron chi connectivity index (χ0n) is 26.0. The van der Waals surface area contributed by atoms with Gasteiger partial charge in [0.05, 0.1) is 35.4 Å². The van der Waals surface area contributed by atoms with Crippen LogP contribution >= 0.6 is 0 Å². The molecule has 1 aliphatic heterocycles. The Bertz CT molecular complexity index is 1600. The Labute approximate surface area is 260 Å². The predicted molar refractivity (Wildman–Crippen MR) is 162 cm³/mol. The second kappa shape index (κ2) is 11.2. The van der Waals surface area contributed by atoms with Crippen molar-refractivity contribution in [3.05, 3.63) is 70.4 Å². The van der Waals surface area contributed by atoms with Crippen molar-refractivity contribution in [1.82, 2.24) is 30.4 Å². The van der Waals surface area contributed by atoms with E-state index in [1.54, 1.807) is 25.6 Å². The van der Waals surface area contributed by atoms with Crippen molar-refractivity contribution in [3.63, 3.8) is 0 Å². The van der Waals surface area contributed by atoms with E-state index >= 15 is 0 Å². The van der Waals surface area contributed by atoms with Crippen LogP contribution in [-0.2, 0) is 36.5 Å². The summed E-state index contributed by atoms with van der Waals surface area (Å²) >= 11 is 0. The largest absolute Gasteiger partial charge is 0.416 e. The monoisotopic (exact) mass is 623 g/mol. The number of carbonyl (C=O) groups is 1. The van der Waals surface area contributed by atoms with Crippen LogP contribution in [0.15, 0.2) is 36.7 Å². The number of hydrogen-bond donors (Lipinski definition) is 2. The molecule has 0 spiro atoms. The molecule has 0 unspecified atom stereocenters. The Balaban J connectivity index is 1.24. The first-order valence-corrected chi connectivity index (χ1v) is 15.9. The lowest BCUT2D eigenvalue weighted by Gasteiger charge is -2.54. The van der Waals surface area contributed by atoms with Gasteiger partial charge in [0.15, 0.2) is 0 Å². The number of anilines is 1. The van der Waals surface area contributed by atoms with Crippen molar-refractivity contribution < 1.29 is 22.7 Å². The van der Waals surface area contributed by atoms with Gasteiger partial charge in [-0.15, -0.1) is 10.2 Å². The predicted octanol–water partition coefficient (Wildman–Crippen LogP) is 5.03. The van der Waals surface area contributed by atoms with Crippen LogP contribution in [0, 0.1) is 0 Å². The van der Waals surface area contributed by atoms with Crippen molar-refractivity contribution in [3.8, 4) is 0 Å². The lowest BCUT2D eigenvalue weighted by molar-refractivity contribution is -0.138. The Morgan fingerprint density at radius 2 is 1.91 bits per heavy atom. The van der Waals surface area contributed by atoms with Crippen molar-refractivity contribution >= 4 is 11.7 Å². The molecule has 7 rings (SSSR count). The Morgan fingerprint density at radius 3 is 2.56 bits per heavy atom. The lowest BCUT2D eigenvalue weighted by Crippen LogP contribution is -2.69. The number of halogens is 3. The number of ether oxygens (including phenoxy) is 1. The second-order valence-corrected chi connectivity index (χ2v) is 13.5. The first-order chi connectivity index (χ1) is 21.5. The fourth-order valence-corrected chi connectivity index (χ4v) is 7.86. The number of benzene rings is 1. The third-order valence-corrected chi connectivity index (χ3v) is 10.7. The summed E-state index contributed by atoms with van der Waals surface area (Å²) in [6.45, 7) is 2.15. The van der Waals surface area contributed by atoms with Crippen LogP contribution in [0.1, 0.15) is 96.9 Å². The maximum absolute atomic E-state index is 14.4. The molecule has 3 saturated carbocycles. The summed E-state index contributed by atoms with van der Waals surface area (Å²) in [5.74, 6) is 0.558. The van der Waals surface area contributed by atoms with E-state index in [1.165, 1.54) is 23.8 Å². The Kier molecular flexibility index (Phi) is 7.52. The zero-order chi connectivity index (χ0) is 31.6. The molecule has 2 N–H and O–H groups in total. The smallest absolute Gasteiger partial charge is 0.380 e. The number of aromatic nitrogens is 4. The molecule has 3 fully saturated rings. The van der Waals surface area contributed by atoms with E-state index in [4.69, 9.17) is 9.72 Å². The van der Waals surface area contributed by atoms with Crippen LogP contribution < -0.4 is 15.5 Å². The van der Waals surface area contributed by atoms with E-state index in [0.29, 0.717) is 29.5 Å². The first-order valence-electron chi connectivity index (χ1n) is 15.9. The highest BCUT2D eigenvalue weighted by Gasteiger charge is 2.60.